The van der Waals surface area contributed by atoms with Crippen molar-refractivity contribution in [1.29, 1.82) is 0 Å². The van der Waals surface area contributed by atoms with Crippen LogP contribution in [0.15, 0.2) is 16.7 Å². The summed E-state index contributed by atoms with van der Waals surface area (Å²) in [4.78, 5) is 1.31. The molecule has 0 N–H and O–H groups in total. The van der Waals surface area contributed by atoms with Gasteiger partial charge >= 0.3 is 0 Å². The highest BCUT2D eigenvalue weighted by Gasteiger charge is 2.02. The molecule has 0 spiro atoms. The third kappa shape index (κ3) is 1.12. The molecular weight excluding hydrogens is 104 g/mol. The predicted octanol–water partition coefficient (Wildman–Crippen LogP) is 2.18. The Labute approximate surface area is 48.3 Å². The summed E-state index contributed by atoms with van der Waals surface area (Å²) in [7, 11) is 0. The molecule has 1 unspecified atom stereocenters. The Balaban J connectivity index is 2.62. The summed E-state index contributed by atoms with van der Waals surface area (Å²) in [5.74, 6) is 0. The van der Waals surface area contributed by atoms with Crippen LogP contribution in [0.5, 0.6) is 0 Å². The van der Waals surface area contributed by atoms with Crippen LogP contribution >= 0.6 is 11.8 Å². The molecule has 0 saturated carbocycles. The van der Waals surface area contributed by atoms with Gasteiger partial charge in [0.25, 0.3) is 0 Å². The smallest absolute Gasteiger partial charge is 0.0323 e. The molecule has 0 radical (unpaired) electrons. The Morgan fingerprint density at radius 2 is 2.57 bits per heavy atom. The van der Waals surface area contributed by atoms with Crippen molar-refractivity contribution in [1.82, 2.24) is 0 Å². The zero-order valence-electron chi connectivity index (χ0n) is 4.56. The van der Waals surface area contributed by atoms with Crippen molar-refractivity contribution in [2.45, 2.75) is 19.1 Å². The average Bonchev–Trinajstić information content (AvgIpc) is 1.87. The van der Waals surface area contributed by atoms with Gasteiger partial charge in [-0.1, -0.05) is 0 Å². The summed E-state index contributed by atoms with van der Waals surface area (Å²) in [6, 6.07) is 0. The second kappa shape index (κ2) is 1.77. The lowest BCUT2D eigenvalue weighted by Crippen LogP contribution is -1.80. The molecule has 0 nitrogen and oxygen atoms in total. The molecule has 0 amide bonds. The van der Waals surface area contributed by atoms with Crippen molar-refractivity contribution in [3.63, 3.8) is 0 Å². The van der Waals surface area contributed by atoms with Crippen LogP contribution < -0.4 is 0 Å². The summed E-state index contributed by atoms with van der Waals surface area (Å²) in [6.07, 6.45) is 2.10. The fourth-order valence-corrected chi connectivity index (χ4v) is 1.41. The highest BCUT2D eigenvalue weighted by atomic mass is 32.2. The van der Waals surface area contributed by atoms with Crippen LogP contribution in [0.1, 0.15) is 13.8 Å². The molecule has 0 aliphatic carbocycles. The molecule has 38 valence electrons. The Morgan fingerprint density at radius 3 is 2.71 bits per heavy atom. The highest BCUT2D eigenvalue weighted by Crippen LogP contribution is 2.25. The monoisotopic (exact) mass is 112 g/mol. The van der Waals surface area contributed by atoms with E-state index in [4.69, 9.17) is 0 Å². The molecule has 0 aromatic carbocycles. The van der Waals surface area contributed by atoms with E-state index in [-0.39, 0.29) is 0 Å². The lowest BCUT2D eigenvalue weighted by Gasteiger charge is -1.93. The molecule has 1 aliphatic heterocycles. The summed E-state index contributed by atoms with van der Waals surface area (Å²) < 4.78 is 0. The van der Waals surface area contributed by atoms with Gasteiger partial charge in [-0.3, -0.25) is 0 Å². The van der Waals surface area contributed by atoms with Gasteiger partial charge < -0.3 is 0 Å². The molecule has 1 aliphatic rings. The zero-order chi connectivity index (χ0) is 5.28. The Kier molecular flexibility index (Phi) is 1.27. The number of hydrogen-bond acceptors (Lipinski definition) is 1. The third-order valence-electron chi connectivity index (χ3n) is 0.884. The first-order chi connectivity index (χ1) is 3.29. The number of thioether (sulfide) groups is 1. The first-order valence-corrected chi connectivity index (χ1v) is 3.27. The number of hydrogen-bond donors (Lipinski definition) is 0. The van der Waals surface area contributed by atoms with Crippen molar-refractivity contribution in [3.8, 4) is 0 Å². The fourth-order valence-electron chi connectivity index (χ4n) is 0.582. The first-order valence-electron chi connectivity index (χ1n) is 2.39. The number of rotatable bonds is 0. The lowest BCUT2D eigenvalue weighted by molar-refractivity contribution is 1.27. The van der Waals surface area contributed by atoms with Gasteiger partial charge in [-0.05, 0) is 19.9 Å². The van der Waals surface area contributed by atoms with Gasteiger partial charge in [0.05, 0.1) is 0 Å². The Hall–Kier alpha value is -0.130. The highest BCUT2D eigenvalue weighted by molar-refractivity contribution is 8.03. The van der Waals surface area contributed by atoms with E-state index in [2.05, 4.69) is 25.7 Å². The van der Waals surface area contributed by atoms with Crippen LogP contribution in [0.2, 0.25) is 0 Å². The van der Waals surface area contributed by atoms with E-state index < -0.39 is 0 Å². The molecule has 0 aromatic heterocycles. The average molecular weight is 112 g/mol. The molecule has 0 aromatic rings. The van der Waals surface area contributed by atoms with E-state index in [9.17, 15) is 0 Å². The predicted molar refractivity (Wildman–Crippen MR) is 34.3 cm³/mol. The minimum absolute atomic E-state index is 0.667. The minimum Gasteiger partial charge on any atom is -0.114 e. The zero-order valence-corrected chi connectivity index (χ0v) is 5.38. The van der Waals surface area contributed by atoms with Crippen molar-refractivity contribution in [3.05, 3.63) is 16.7 Å². The molecule has 1 heterocycles. The van der Waals surface area contributed by atoms with Crippen molar-refractivity contribution in [2.75, 3.05) is 0 Å². The van der Waals surface area contributed by atoms with Crippen LogP contribution in [-0.2, 0) is 0 Å². The SMILES string of the molecule is CC1=C=CC(C)S1. The van der Waals surface area contributed by atoms with E-state index >= 15 is 0 Å². The summed E-state index contributed by atoms with van der Waals surface area (Å²) in [5, 5.41) is 0.667. The summed E-state index contributed by atoms with van der Waals surface area (Å²) >= 11 is 1.87. The molecule has 1 rings (SSSR count). The summed E-state index contributed by atoms with van der Waals surface area (Å²) in [5.41, 5.74) is 3.12. The van der Waals surface area contributed by atoms with Gasteiger partial charge in [-0.15, -0.1) is 17.5 Å². The van der Waals surface area contributed by atoms with Gasteiger partial charge in [-0.25, -0.2) is 0 Å². The maximum absolute atomic E-state index is 3.12. The van der Waals surface area contributed by atoms with Crippen molar-refractivity contribution < 1.29 is 0 Å². The van der Waals surface area contributed by atoms with Crippen LogP contribution in [0.4, 0.5) is 0 Å². The maximum atomic E-state index is 3.12. The molecule has 7 heavy (non-hydrogen) atoms. The van der Waals surface area contributed by atoms with Crippen molar-refractivity contribution in [2.24, 2.45) is 0 Å². The maximum Gasteiger partial charge on any atom is 0.0323 e. The molecule has 0 saturated heterocycles. The minimum atomic E-state index is 0.667. The van der Waals surface area contributed by atoms with E-state index in [1.54, 1.807) is 0 Å². The second-order valence-electron chi connectivity index (χ2n) is 1.69. The molecule has 1 atom stereocenters. The lowest BCUT2D eigenvalue weighted by atomic mass is 10.4. The molecular formula is C6H8S. The quantitative estimate of drug-likeness (QED) is 0.433. The third-order valence-corrected chi connectivity index (χ3v) is 1.86. The van der Waals surface area contributed by atoms with Gasteiger partial charge in [0, 0.05) is 10.2 Å². The Bertz CT molecular complexity index is 129. The van der Waals surface area contributed by atoms with E-state index in [0.717, 1.165) is 0 Å². The van der Waals surface area contributed by atoms with Crippen LogP contribution in [-0.4, -0.2) is 5.25 Å². The second-order valence-corrected chi connectivity index (χ2v) is 3.28. The van der Waals surface area contributed by atoms with Gasteiger partial charge in [0.15, 0.2) is 0 Å². The van der Waals surface area contributed by atoms with Crippen molar-refractivity contribution >= 4 is 11.8 Å². The van der Waals surface area contributed by atoms with Gasteiger partial charge in [0.2, 0.25) is 0 Å². The molecule has 1 heteroatoms. The van der Waals surface area contributed by atoms with Crippen LogP contribution in [0, 0.1) is 0 Å². The van der Waals surface area contributed by atoms with Crippen LogP contribution in [0.3, 0.4) is 0 Å². The summed E-state index contributed by atoms with van der Waals surface area (Å²) in [6.45, 7) is 4.26. The van der Waals surface area contributed by atoms with Crippen LogP contribution in [0.25, 0.3) is 0 Å². The van der Waals surface area contributed by atoms with Gasteiger partial charge in [0.1, 0.15) is 0 Å². The largest absolute Gasteiger partial charge is 0.114 e. The standard InChI is InChI=1S/C6H8S/c1-5-3-4-6(2)7-5/h3,5H,1-2H3. The van der Waals surface area contributed by atoms with Gasteiger partial charge in [-0.2, -0.15) is 0 Å². The van der Waals surface area contributed by atoms with E-state index in [0.29, 0.717) is 5.25 Å². The van der Waals surface area contributed by atoms with E-state index in [1.807, 2.05) is 11.8 Å². The first kappa shape index (κ1) is 5.02. The molecule has 0 fully saturated rings. The topological polar surface area (TPSA) is 0 Å². The molecule has 0 bridgehead atoms. The van der Waals surface area contributed by atoms with E-state index in [1.165, 1.54) is 4.91 Å². The Morgan fingerprint density at radius 1 is 1.86 bits per heavy atom. The fraction of sp³-hybridized carbons (Fsp3) is 0.500. The normalized spacial score (nSPS) is 28.3.